The van der Waals surface area contributed by atoms with E-state index in [0.717, 1.165) is 34.2 Å². The third kappa shape index (κ3) is 10.0. The summed E-state index contributed by atoms with van der Waals surface area (Å²) in [6.45, 7) is 7.79. The van der Waals surface area contributed by atoms with Gasteiger partial charge in [-0.1, -0.05) is 45.0 Å². The van der Waals surface area contributed by atoms with Gasteiger partial charge in [-0.15, -0.1) is 11.3 Å². The molecule has 0 saturated carbocycles. The van der Waals surface area contributed by atoms with E-state index in [-0.39, 0.29) is 98.0 Å². The van der Waals surface area contributed by atoms with Gasteiger partial charge in [-0.2, -0.15) is 0 Å². The number of aromatic amines is 1. The molecule has 3 N–H and O–H groups in total. The molecule has 7 heterocycles. The Kier molecular flexibility index (Phi) is 13.9. The number of H-pyrrole nitrogens is 1. The average Bonchev–Trinajstić information content (AvgIpc) is 4.06. The number of benzene rings is 2. The van der Waals surface area contributed by atoms with Crippen molar-refractivity contribution in [3.63, 3.8) is 0 Å². The van der Waals surface area contributed by atoms with Gasteiger partial charge < -0.3 is 39.6 Å². The molecule has 6 aromatic rings. The lowest BCUT2D eigenvalue weighted by molar-refractivity contribution is -0.144. The fourth-order valence-electron chi connectivity index (χ4n) is 10.3. The molecule has 1 unspecified atom stereocenters. The number of nitrogens with zero attached hydrogens (tertiary/aromatic N) is 6. The summed E-state index contributed by atoms with van der Waals surface area (Å²) in [7, 11) is -0.760. The number of fused-ring (bicyclic) bond motifs is 3. The molecule has 0 radical (unpaired) electrons. The largest absolute Gasteiger partial charge is 0.380 e. The van der Waals surface area contributed by atoms with Crippen LogP contribution in [0.5, 0.6) is 0 Å². The number of halogens is 2. The third-order valence-electron chi connectivity index (χ3n) is 14.1. The van der Waals surface area contributed by atoms with Gasteiger partial charge in [-0.05, 0) is 59.6 Å². The standard InChI is InChI=1S/C52H57F2N9O8S2/c1-28-45(72-27-58-28)30-12-10-29(11-13-30)21-57-48(65)40-18-33(71-6)25-63(40)51(68)46(52(2,3)4)59-42(64)9-8-15-61-16-14-41(73(7,69)70)35-19-34-37-26-60(5)50(67)44-43(37)31(22-55-44)24-62(39(34)20-36(35)49(61)66)47-38(54)17-32(53)23-56-47/h10-13,17,19-20,22-23,26-27,33,40-41,46,55H,8-9,14-16,18,21,24-25H2,1-7H3,(H,57,65)(H,59,64)/t33-,40+,41?,46-/m1/s1. The van der Waals surface area contributed by atoms with Crippen LogP contribution in [0.1, 0.15) is 84.4 Å². The number of aryl methyl sites for hydroxylation is 2. The van der Waals surface area contributed by atoms with Crippen LogP contribution in [0.3, 0.4) is 0 Å². The van der Waals surface area contributed by atoms with Crippen LogP contribution in [-0.2, 0) is 49.1 Å². The zero-order valence-electron chi connectivity index (χ0n) is 41.5. The average molecular weight is 1040 g/mol. The highest BCUT2D eigenvalue weighted by Crippen LogP contribution is 2.47. The maximum absolute atomic E-state index is 15.7. The fraction of sp³-hybridized carbons (Fsp3) is 0.404. The second-order valence-corrected chi connectivity index (χ2v) is 23.3. The maximum atomic E-state index is 15.7. The maximum Gasteiger partial charge on any atom is 0.274 e. The first-order chi connectivity index (χ1) is 34.6. The second-order valence-electron chi connectivity index (χ2n) is 20.2. The minimum absolute atomic E-state index is 0.0154. The van der Waals surface area contributed by atoms with E-state index in [1.54, 1.807) is 42.4 Å². The Balaban J connectivity index is 0.929. The summed E-state index contributed by atoms with van der Waals surface area (Å²) < 4.78 is 64.3. The van der Waals surface area contributed by atoms with E-state index in [4.69, 9.17) is 4.74 Å². The Hall–Kier alpha value is -6.84. The molecule has 384 valence electrons. The van der Waals surface area contributed by atoms with E-state index in [1.165, 1.54) is 32.4 Å². The van der Waals surface area contributed by atoms with Crippen molar-refractivity contribution < 1.29 is 41.1 Å². The molecule has 4 atom stereocenters. The Morgan fingerprint density at radius 3 is 2.47 bits per heavy atom. The first-order valence-corrected chi connectivity index (χ1v) is 26.8. The highest BCUT2D eigenvalue weighted by Gasteiger charge is 2.45. The van der Waals surface area contributed by atoms with Crippen LogP contribution < -0.4 is 21.1 Å². The van der Waals surface area contributed by atoms with Crippen LogP contribution in [0.15, 0.2) is 71.4 Å². The number of hydrogen-bond acceptors (Lipinski definition) is 12. The minimum Gasteiger partial charge on any atom is -0.380 e. The molecule has 0 bridgehead atoms. The van der Waals surface area contributed by atoms with Crippen molar-refractivity contribution >= 4 is 67.2 Å². The molecule has 1 fully saturated rings. The number of anilines is 2. The molecule has 0 spiro atoms. The van der Waals surface area contributed by atoms with Gasteiger partial charge in [-0.25, -0.2) is 27.2 Å². The van der Waals surface area contributed by atoms with Gasteiger partial charge >= 0.3 is 0 Å². The highest BCUT2D eigenvalue weighted by molar-refractivity contribution is 7.90. The monoisotopic (exact) mass is 1040 g/mol. The topological polar surface area (TPSA) is 209 Å². The fourth-order valence-corrected chi connectivity index (χ4v) is 12.3. The van der Waals surface area contributed by atoms with Crippen molar-refractivity contribution in [2.75, 3.05) is 37.9 Å². The van der Waals surface area contributed by atoms with Gasteiger partial charge in [0.15, 0.2) is 21.5 Å². The Labute approximate surface area is 424 Å². The van der Waals surface area contributed by atoms with E-state index >= 15 is 4.39 Å². The molecule has 1 saturated heterocycles. The lowest BCUT2D eigenvalue weighted by atomic mass is 9.85. The molecule has 21 heteroatoms. The zero-order valence-corrected chi connectivity index (χ0v) is 43.2. The molecule has 4 aromatic heterocycles. The summed E-state index contributed by atoms with van der Waals surface area (Å²) in [6.07, 6.45) is 5.11. The van der Waals surface area contributed by atoms with Crippen molar-refractivity contribution in [1.82, 2.24) is 40.0 Å². The van der Waals surface area contributed by atoms with Gasteiger partial charge in [0, 0.05) is 100.0 Å². The number of likely N-dealkylation sites (tertiary alicyclic amines) is 1. The summed E-state index contributed by atoms with van der Waals surface area (Å²) in [5.41, 5.74) is 5.84. The summed E-state index contributed by atoms with van der Waals surface area (Å²) in [4.78, 5) is 87.2. The Morgan fingerprint density at radius 2 is 1.79 bits per heavy atom. The van der Waals surface area contributed by atoms with Crippen LogP contribution in [0.25, 0.3) is 32.5 Å². The van der Waals surface area contributed by atoms with E-state index in [0.29, 0.717) is 28.1 Å². The predicted molar refractivity (Wildman–Crippen MR) is 273 cm³/mol. The van der Waals surface area contributed by atoms with Crippen LogP contribution in [0.4, 0.5) is 20.3 Å². The van der Waals surface area contributed by atoms with Crippen molar-refractivity contribution in [2.24, 2.45) is 12.5 Å². The molecule has 0 aliphatic carbocycles. The van der Waals surface area contributed by atoms with Crippen LogP contribution in [0, 0.1) is 24.0 Å². The molecular weight excluding hydrogens is 981 g/mol. The number of ether oxygens (including phenoxy) is 1. The normalized spacial score (nSPS) is 18.3. The molecule has 9 rings (SSSR count). The number of thiazole rings is 1. The third-order valence-corrected chi connectivity index (χ3v) is 16.6. The van der Waals surface area contributed by atoms with E-state index < -0.39 is 68.0 Å². The van der Waals surface area contributed by atoms with Gasteiger partial charge in [0.25, 0.3) is 11.5 Å². The number of amides is 4. The molecule has 3 aliphatic heterocycles. The summed E-state index contributed by atoms with van der Waals surface area (Å²) in [5.74, 6) is -3.91. The number of pyridine rings is 2. The predicted octanol–water partition coefficient (Wildman–Crippen LogP) is 6.47. The Bertz CT molecular complexity index is 3350. The lowest BCUT2D eigenvalue weighted by Crippen LogP contribution is -2.57. The van der Waals surface area contributed by atoms with Gasteiger partial charge in [0.2, 0.25) is 17.7 Å². The van der Waals surface area contributed by atoms with Crippen molar-refractivity contribution in [3.05, 3.63) is 117 Å². The molecule has 2 aromatic carbocycles. The van der Waals surface area contributed by atoms with Crippen LogP contribution in [-0.4, -0.2) is 113 Å². The quantitative estimate of drug-likeness (QED) is 0.114. The number of hydrogen-bond donors (Lipinski definition) is 3. The number of rotatable bonds is 13. The second kappa shape index (κ2) is 19.9. The summed E-state index contributed by atoms with van der Waals surface area (Å²) in [6, 6.07) is 9.76. The van der Waals surface area contributed by atoms with Gasteiger partial charge in [0.05, 0.1) is 45.9 Å². The smallest absolute Gasteiger partial charge is 0.274 e. The van der Waals surface area contributed by atoms with Crippen LogP contribution >= 0.6 is 11.3 Å². The summed E-state index contributed by atoms with van der Waals surface area (Å²) >= 11 is 1.56. The molecular formula is C52H57F2N9O8S2. The van der Waals surface area contributed by atoms with Crippen molar-refractivity contribution in [2.45, 2.75) is 89.9 Å². The number of aromatic nitrogens is 4. The molecule has 4 amide bonds. The number of nitrogens with one attached hydrogen (secondary N) is 3. The zero-order chi connectivity index (χ0) is 52.3. The Morgan fingerprint density at radius 1 is 1.04 bits per heavy atom. The van der Waals surface area contributed by atoms with E-state index in [9.17, 15) is 36.8 Å². The van der Waals surface area contributed by atoms with Gasteiger partial charge in [0.1, 0.15) is 23.4 Å². The number of sulfone groups is 1. The van der Waals surface area contributed by atoms with Crippen LogP contribution in [0.2, 0.25) is 0 Å². The first kappa shape index (κ1) is 51.1. The van der Waals surface area contributed by atoms with Gasteiger partial charge in [-0.3, -0.25) is 24.0 Å². The van der Waals surface area contributed by atoms with E-state index in [1.807, 2.05) is 52.0 Å². The van der Waals surface area contributed by atoms with E-state index in [2.05, 4.69) is 25.6 Å². The number of carbonyl (C=O) groups is 4. The van der Waals surface area contributed by atoms with Crippen molar-refractivity contribution in [3.8, 4) is 21.6 Å². The lowest BCUT2D eigenvalue weighted by Gasteiger charge is -2.35. The highest BCUT2D eigenvalue weighted by atomic mass is 32.2. The molecule has 3 aliphatic rings. The van der Waals surface area contributed by atoms with Crippen molar-refractivity contribution in [1.29, 1.82) is 0 Å². The first-order valence-electron chi connectivity index (χ1n) is 24.0. The molecule has 73 heavy (non-hydrogen) atoms. The minimum atomic E-state index is -3.86. The molecule has 17 nitrogen and oxygen atoms in total. The SMILES string of the molecule is CO[C@@H]1C[C@@H](C(=O)NCc2ccc(-c3scnc3C)cc2)N(C(=O)[C@@H](NC(=O)CCCN2CCC(S(C)(=O)=O)c3cc4c(cc3C2=O)N(c2ncc(F)cc2F)Cc2c[nH]c3c(=O)n(C)cc-4c23)C(C)(C)C)C1. The summed E-state index contributed by atoms with van der Waals surface area (Å²) in [5, 5.41) is 5.29. The number of methoxy groups -OCH3 is 1. The number of carbonyl (C=O) groups excluding carboxylic acids is 4.